The molecular weight excluding hydrogens is 178 g/mol. The van der Waals surface area contributed by atoms with Gasteiger partial charge in [-0.05, 0) is 25.2 Å². The average molecular weight is 201 g/mol. The van der Waals surface area contributed by atoms with Crippen LogP contribution < -0.4 is 5.32 Å². The normalized spacial score (nSPS) is 28.3. The van der Waals surface area contributed by atoms with Crippen LogP contribution in [0.15, 0.2) is 0 Å². The molecule has 1 fully saturated rings. The highest BCUT2D eigenvalue weighted by atomic mass is 16.3. The topological polar surface area (TPSA) is 52.5 Å². The highest BCUT2D eigenvalue weighted by Gasteiger charge is 2.33. The van der Waals surface area contributed by atoms with Crippen molar-refractivity contribution in [1.29, 1.82) is 0 Å². The van der Waals surface area contributed by atoms with Crippen molar-refractivity contribution in [3.05, 3.63) is 0 Å². The van der Waals surface area contributed by atoms with Gasteiger partial charge in [-0.1, -0.05) is 20.3 Å². The Morgan fingerprint density at radius 2 is 1.93 bits per heavy atom. The van der Waals surface area contributed by atoms with Crippen molar-refractivity contribution < 1.29 is 10.2 Å². The summed E-state index contributed by atoms with van der Waals surface area (Å²) in [5.41, 5.74) is -0.469. The quantitative estimate of drug-likeness (QED) is 0.619. The van der Waals surface area contributed by atoms with Gasteiger partial charge in [0, 0.05) is 6.04 Å². The van der Waals surface area contributed by atoms with E-state index in [1.807, 2.05) is 6.92 Å². The van der Waals surface area contributed by atoms with Crippen LogP contribution in [-0.4, -0.2) is 35.0 Å². The molecule has 0 saturated heterocycles. The Morgan fingerprint density at radius 1 is 1.29 bits per heavy atom. The molecule has 1 saturated carbocycles. The third-order valence-electron chi connectivity index (χ3n) is 3.64. The molecule has 2 atom stereocenters. The number of aliphatic hydroxyl groups excluding tert-OH is 2. The number of rotatable bonds is 5. The van der Waals surface area contributed by atoms with Crippen LogP contribution >= 0.6 is 0 Å². The summed E-state index contributed by atoms with van der Waals surface area (Å²) in [7, 11) is 0. The standard InChI is InChI=1S/C11H23NO2/c1-3-11(7-13,8-14)12-10-6-4-5-9(10)2/h9-10,12-14H,3-8H2,1-2H3. The predicted octanol–water partition coefficient (Wildman–Crippen LogP) is 0.898. The van der Waals surface area contributed by atoms with Crippen molar-refractivity contribution in [2.75, 3.05) is 13.2 Å². The Morgan fingerprint density at radius 3 is 2.29 bits per heavy atom. The molecule has 0 radical (unpaired) electrons. The van der Waals surface area contributed by atoms with E-state index in [-0.39, 0.29) is 13.2 Å². The summed E-state index contributed by atoms with van der Waals surface area (Å²) in [6.45, 7) is 4.27. The minimum absolute atomic E-state index is 0.0171. The van der Waals surface area contributed by atoms with E-state index < -0.39 is 5.54 Å². The molecule has 0 aromatic heterocycles. The van der Waals surface area contributed by atoms with E-state index in [4.69, 9.17) is 0 Å². The van der Waals surface area contributed by atoms with Gasteiger partial charge in [0.2, 0.25) is 0 Å². The van der Waals surface area contributed by atoms with E-state index in [1.165, 1.54) is 19.3 Å². The molecule has 0 aromatic carbocycles. The van der Waals surface area contributed by atoms with Gasteiger partial charge < -0.3 is 15.5 Å². The van der Waals surface area contributed by atoms with Crippen LogP contribution in [-0.2, 0) is 0 Å². The smallest absolute Gasteiger partial charge is 0.0647 e. The molecule has 84 valence electrons. The number of nitrogens with one attached hydrogen (secondary N) is 1. The Bertz CT molecular complexity index is 160. The minimum atomic E-state index is -0.469. The largest absolute Gasteiger partial charge is 0.394 e. The van der Waals surface area contributed by atoms with Crippen molar-refractivity contribution in [1.82, 2.24) is 5.32 Å². The van der Waals surface area contributed by atoms with E-state index in [1.54, 1.807) is 0 Å². The first-order valence-electron chi connectivity index (χ1n) is 5.67. The van der Waals surface area contributed by atoms with Crippen LogP contribution in [0, 0.1) is 5.92 Å². The second kappa shape index (κ2) is 5.10. The molecule has 0 amide bonds. The first-order chi connectivity index (χ1) is 6.67. The van der Waals surface area contributed by atoms with Crippen LogP contribution in [0.4, 0.5) is 0 Å². The third-order valence-corrected chi connectivity index (χ3v) is 3.64. The molecule has 3 heteroatoms. The molecule has 3 nitrogen and oxygen atoms in total. The van der Waals surface area contributed by atoms with Gasteiger partial charge in [0.05, 0.1) is 18.8 Å². The fourth-order valence-corrected chi connectivity index (χ4v) is 2.22. The van der Waals surface area contributed by atoms with Crippen molar-refractivity contribution in [3.8, 4) is 0 Å². The summed E-state index contributed by atoms with van der Waals surface area (Å²) in [6.07, 6.45) is 4.45. The molecule has 3 N–H and O–H groups in total. The van der Waals surface area contributed by atoms with Crippen LogP contribution in [0.2, 0.25) is 0 Å². The number of aliphatic hydroxyl groups is 2. The molecule has 1 aliphatic rings. The maximum atomic E-state index is 9.30. The van der Waals surface area contributed by atoms with Crippen LogP contribution in [0.25, 0.3) is 0 Å². The van der Waals surface area contributed by atoms with Crippen LogP contribution in [0.1, 0.15) is 39.5 Å². The molecule has 14 heavy (non-hydrogen) atoms. The summed E-state index contributed by atoms with van der Waals surface area (Å²) in [6, 6.07) is 0.467. The fraction of sp³-hybridized carbons (Fsp3) is 1.00. The number of hydrogen-bond acceptors (Lipinski definition) is 3. The molecule has 2 unspecified atom stereocenters. The Labute approximate surface area is 86.5 Å². The molecule has 0 aliphatic heterocycles. The maximum Gasteiger partial charge on any atom is 0.0647 e. The average Bonchev–Trinajstić information content (AvgIpc) is 2.61. The van der Waals surface area contributed by atoms with Crippen molar-refractivity contribution in [3.63, 3.8) is 0 Å². The lowest BCUT2D eigenvalue weighted by atomic mass is 9.94. The zero-order chi connectivity index (χ0) is 10.6. The summed E-state index contributed by atoms with van der Waals surface area (Å²) in [5.74, 6) is 0.666. The first-order valence-corrected chi connectivity index (χ1v) is 5.67. The minimum Gasteiger partial charge on any atom is -0.394 e. The van der Waals surface area contributed by atoms with E-state index in [2.05, 4.69) is 12.2 Å². The maximum absolute atomic E-state index is 9.30. The monoisotopic (exact) mass is 201 g/mol. The Hall–Kier alpha value is -0.120. The Kier molecular flexibility index (Phi) is 4.35. The van der Waals surface area contributed by atoms with Gasteiger partial charge in [-0.25, -0.2) is 0 Å². The molecule has 1 aliphatic carbocycles. The van der Waals surface area contributed by atoms with Gasteiger partial charge in [-0.15, -0.1) is 0 Å². The van der Waals surface area contributed by atoms with Crippen LogP contribution in [0.5, 0.6) is 0 Å². The van der Waals surface area contributed by atoms with Gasteiger partial charge in [0.25, 0.3) is 0 Å². The fourth-order valence-electron chi connectivity index (χ4n) is 2.22. The van der Waals surface area contributed by atoms with E-state index >= 15 is 0 Å². The molecule has 0 heterocycles. The summed E-state index contributed by atoms with van der Waals surface area (Å²) >= 11 is 0. The molecular formula is C11H23NO2. The van der Waals surface area contributed by atoms with Crippen LogP contribution in [0.3, 0.4) is 0 Å². The Balaban J connectivity index is 2.54. The lowest BCUT2D eigenvalue weighted by Gasteiger charge is -2.34. The molecule has 0 aromatic rings. The zero-order valence-electron chi connectivity index (χ0n) is 9.29. The molecule has 0 spiro atoms. The van der Waals surface area contributed by atoms with Gasteiger partial charge in [-0.2, -0.15) is 0 Å². The van der Waals surface area contributed by atoms with Gasteiger partial charge in [0.1, 0.15) is 0 Å². The van der Waals surface area contributed by atoms with Crippen molar-refractivity contribution >= 4 is 0 Å². The van der Waals surface area contributed by atoms with Crippen molar-refractivity contribution in [2.24, 2.45) is 5.92 Å². The SMILES string of the molecule is CCC(CO)(CO)NC1CCCC1C. The predicted molar refractivity (Wildman–Crippen MR) is 57.1 cm³/mol. The van der Waals surface area contributed by atoms with E-state index in [0.717, 1.165) is 6.42 Å². The highest BCUT2D eigenvalue weighted by molar-refractivity contribution is 4.92. The van der Waals surface area contributed by atoms with Gasteiger partial charge >= 0.3 is 0 Å². The van der Waals surface area contributed by atoms with Crippen molar-refractivity contribution in [2.45, 2.75) is 51.1 Å². The van der Waals surface area contributed by atoms with E-state index in [9.17, 15) is 10.2 Å². The van der Waals surface area contributed by atoms with Gasteiger partial charge in [0.15, 0.2) is 0 Å². The lowest BCUT2D eigenvalue weighted by Crippen LogP contribution is -2.56. The van der Waals surface area contributed by atoms with Gasteiger partial charge in [-0.3, -0.25) is 0 Å². The lowest BCUT2D eigenvalue weighted by molar-refractivity contribution is 0.0735. The summed E-state index contributed by atoms with van der Waals surface area (Å²) in [4.78, 5) is 0. The first kappa shape index (κ1) is 12.0. The number of hydrogen-bond donors (Lipinski definition) is 3. The zero-order valence-corrected chi connectivity index (χ0v) is 9.29. The molecule has 0 bridgehead atoms. The summed E-state index contributed by atoms with van der Waals surface area (Å²) < 4.78 is 0. The highest BCUT2D eigenvalue weighted by Crippen LogP contribution is 2.27. The second-order valence-electron chi connectivity index (χ2n) is 4.61. The summed E-state index contributed by atoms with van der Waals surface area (Å²) in [5, 5.41) is 22.0. The molecule has 1 rings (SSSR count). The van der Waals surface area contributed by atoms with E-state index in [0.29, 0.717) is 12.0 Å². The second-order valence-corrected chi connectivity index (χ2v) is 4.61. The third kappa shape index (κ3) is 2.47.